The van der Waals surface area contributed by atoms with Crippen LogP contribution >= 0.6 is 0 Å². The minimum absolute atomic E-state index is 0.0262. The number of rotatable bonds is 5. The van der Waals surface area contributed by atoms with E-state index in [0.29, 0.717) is 5.69 Å². The number of benzene rings is 2. The first-order valence-corrected chi connectivity index (χ1v) is 9.68. The van der Waals surface area contributed by atoms with Crippen LogP contribution < -0.4 is 15.8 Å². The van der Waals surface area contributed by atoms with E-state index in [1.165, 1.54) is 12.1 Å². The molecule has 0 radical (unpaired) electrons. The van der Waals surface area contributed by atoms with Crippen LogP contribution in [0.2, 0.25) is 0 Å². The lowest BCUT2D eigenvalue weighted by atomic mass is 10.1. The average Bonchev–Trinajstić information content (AvgIpc) is 3.16. The van der Waals surface area contributed by atoms with Crippen molar-refractivity contribution >= 4 is 21.7 Å². The summed E-state index contributed by atoms with van der Waals surface area (Å²) in [5.74, 6) is 0. The third-order valence-corrected chi connectivity index (χ3v) is 4.86. The number of urea groups is 1. The van der Waals surface area contributed by atoms with Gasteiger partial charge in [0.15, 0.2) is 0 Å². The fourth-order valence-corrected chi connectivity index (χ4v) is 3.06. The van der Waals surface area contributed by atoms with E-state index in [0.717, 1.165) is 11.3 Å². The zero-order valence-corrected chi connectivity index (χ0v) is 15.3. The molecule has 3 rings (SSSR count). The molecule has 1 atom stereocenters. The first-order chi connectivity index (χ1) is 12.8. The monoisotopic (exact) mass is 385 g/mol. The first-order valence-electron chi connectivity index (χ1n) is 8.13. The van der Waals surface area contributed by atoms with Gasteiger partial charge in [-0.15, -0.1) is 0 Å². The SMILES string of the molecule is CC(NC(=O)Nc1cccc(-n2cccn2)c1)c1ccc(S(N)(=O)=O)cc1. The summed E-state index contributed by atoms with van der Waals surface area (Å²) in [5.41, 5.74) is 2.20. The Balaban J connectivity index is 1.64. The molecule has 0 spiro atoms. The number of primary sulfonamides is 1. The van der Waals surface area contributed by atoms with Gasteiger partial charge in [-0.25, -0.2) is 23.0 Å². The van der Waals surface area contributed by atoms with Crippen molar-refractivity contribution in [2.45, 2.75) is 17.9 Å². The maximum atomic E-state index is 12.3. The van der Waals surface area contributed by atoms with Crippen LogP contribution in [0.15, 0.2) is 71.9 Å². The van der Waals surface area contributed by atoms with E-state index in [9.17, 15) is 13.2 Å². The van der Waals surface area contributed by atoms with E-state index in [-0.39, 0.29) is 17.0 Å². The second kappa shape index (κ2) is 7.60. The summed E-state index contributed by atoms with van der Waals surface area (Å²) in [6.07, 6.45) is 3.49. The van der Waals surface area contributed by atoms with Gasteiger partial charge in [0, 0.05) is 18.1 Å². The minimum atomic E-state index is -3.74. The van der Waals surface area contributed by atoms with Crippen LogP contribution in [0.3, 0.4) is 0 Å². The maximum absolute atomic E-state index is 12.3. The number of hydrogen-bond acceptors (Lipinski definition) is 4. The Morgan fingerprint density at radius 1 is 1.15 bits per heavy atom. The summed E-state index contributed by atoms with van der Waals surface area (Å²) < 4.78 is 24.3. The molecule has 2 aromatic carbocycles. The van der Waals surface area contributed by atoms with Crippen LogP contribution in [0.5, 0.6) is 0 Å². The number of nitrogens with zero attached hydrogens (tertiary/aromatic N) is 2. The van der Waals surface area contributed by atoms with Gasteiger partial charge in [0.1, 0.15) is 0 Å². The topological polar surface area (TPSA) is 119 Å². The van der Waals surface area contributed by atoms with Crippen LogP contribution in [0.1, 0.15) is 18.5 Å². The fraction of sp³-hybridized carbons (Fsp3) is 0.111. The van der Waals surface area contributed by atoms with Crippen molar-refractivity contribution in [3.8, 4) is 5.69 Å². The Hall–Kier alpha value is -3.17. The quantitative estimate of drug-likeness (QED) is 0.625. The van der Waals surface area contributed by atoms with Crippen molar-refractivity contribution in [1.29, 1.82) is 0 Å². The highest BCUT2D eigenvalue weighted by atomic mass is 32.2. The lowest BCUT2D eigenvalue weighted by Gasteiger charge is -2.16. The van der Waals surface area contributed by atoms with E-state index in [2.05, 4.69) is 15.7 Å². The number of anilines is 1. The Bertz CT molecular complexity index is 1030. The van der Waals surface area contributed by atoms with Crippen LogP contribution in [0.25, 0.3) is 5.69 Å². The first kappa shape index (κ1) is 18.6. The van der Waals surface area contributed by atoms with Crippen molar-refractivity contribution in [2.75, 3.05) is 5.32 Å². The molecule has 3 aromatic rings. The number of amides is 2. The molecule has 1 aromatic heterocycles. The third-order valence-electron chi connectivity index (χ3n) is 3.93. The van der Waals surface area contributed by atoms with Gasteiger partial charge in [-0.3, -0.25) is 0 Å². The molecular weight excluding hydrogens is 366 g/mol. The van der Waals surface area contributed by atoms with E-state index >= 15 is 0 Å². The fourth-order valence-electron chi connectivity index (χ4n) is 2.54. The lowest BCUT2D eigenvalue weighted by Crippen LogP contribution is -2.31. The van der Waals surface area contributed by atoms with E-state index in [4.69, 9.17) is 5.14 Å². The summed E-state index contributed by atoms with van der Waals surface area (Å²) in [6.45, 7) is 1.80. The van der Waals surface area contributed by atoms with Gasteiger partial charge in [0.25, 0.3) is 0 Å². The Kier molecular flexibility index (Phi) is 5.24. The molecule has 0 aliphatic carbocycles. The number of nitrogens with one attached hydrogen (secondary N) is 2. The molecule has 0 bridgehead atoms. The summed E-state index contributed by atoms with van der Waals surface area (Å²) in [7, 11) is -3.74. The third kappa shape index (κ3) is 4.72. The summed E-state index contributed by atoms with van der Waals surface area (Å²) in [5, 5.41) is 14.8. The Morgan fingerprint density at radius 2 is 1.89 bits per heavy atom. The van der Waals surface area contributed by atoms with Crippen LogP contribution in [-0.4, -0.2) is 24.2 Å². The Morgan fingerprint density at radius 3 is 2.52 bits per heavy atom. The predicted octanol–water partition coefficient (Wildman–Crippen LogP) is 2.40. The molecule has 0 aliphatic rings. The van der Waals surface area contributed by atoms with Gasteiger partial charge in [0.05, 0.1) is 16.6 Å². The van der Waals surface area contributed by atoms with Gasteiger partial charge in [-0.2, -0.15) is 5.10 Å². The molecule has 0 saturated carbocycles. The molecule has 8 nitrogen and oxygen atoms in total. The number of sulfonamides is 1. The summed E-state index contributed by atoms with van der Waals surface area (Å²) >= 11 is 0. The zero-order valence-electron chi connectivity index (χ0n) is 14.5. The minimum Gasteiger partial charge on any atom is -0.331 e. The second-order valence-electron chi connectivity index (χ2n) is 5.94. The second-order valence-corrected chi connectivity index (χ2v) is 7.50. The van der Waals surface area contributed by atoms with Crippen LogP contribution in [0, 0.1) is 0 Å². The number of nitrogens with two attached hydrogens (primary N) is 1. The molecule has 4 N–H and O–H groups in total. The molecule has 0 saturated heterocycles. The molecule has 0 aliphatic heterocycles. The number of carbonyl (C=O) groups is 1. The van der Waals surface area contributed by atoms with Gasteiger partial charge in [-0.05, 0) is 48.9 Å². The highest BCUT2D eigenvalue weighted by Gasteiger charge is 2.12. The van der Waals surface area contributed by atoms with E-state index < -0.39 is 10.0 Å². The van der Waals surface area contributed by atoms with Crippen molar-refractivity contribution in [3.63, 3.8) is 0 Å². The molecule has 9 heteroatoms. The number of carbonyl (C=O) groups excluding carboxylic acids is 1. The lowest BCUT2D eigenvalue weighted by molar-refractivity contribution is 0.249. The smallest absolute Gasteiger partial charge is 0.319 e. The summed E-state index contributed by atoms with van der Waals surface area (Å²) in [4.78, 5) is 12.3. The standard InChI is InChI=1S/C18H19N5O3S/c1-13(14-6-8-17(9-7-14)27(19,25)26)21-18(24)22-15-4-2-5-16(12-15)23-11-3-10-20-23/h2-13H,1H3,(H2,19,25,26)(H2,21,22,24). The number of aromatic nitrogens is 2. The van der Waals surface area contributed by atoms with Gasteiger partial charge < -0.3 is 10.6 Å². The maximum Gasteiger partial charge on any atom is 0.319 e. The van der Waals surface area contributed by atoms with Crippen LogP contribution in [0.4, 0.5) is 10.5 Å². The van der Waals surface area contributed by atoms with Crippen molar-refractivity contribution in [1.82, 2.24) is 15.1 Å². The van der Waals surface area contributed by atoms with E-state index in [1.807, 2.05) is 24.4 Å². The molecule has 2 amide bonds. The zero-order chi connectivity index (χ0) is 19.4. The Labute approximate surface area is 157 Å². The van der Waals surface area contributed by atoms with Gasteiger partial charge in [-0.1, -0.05) is 18.2 Å². The predicted molar refractivity (Wildman–Crippen MR) is 102 cm³/mol. The van der Waals surface area contributed by atoms with Crippen LogP contribution in [-0.2, 0) is 10.0 Å². The average molecular weight is 385 g/mol. The van der Waals surface area contributed by atoms with Crippen molar-refractivity contribution in [3.05, 3.63) is 72.6 Å². The van der Waals surface area contributed by atoms with Crippen molar-refractivity contribution in [2.24, 2.45) is 5.14 Å². The van der Waals surface area contributed by atoms with Gasteiger partial charge in [0.2, 0.25) is 10.0 Å². The van der Waals surface area contributed by atoms with Crippen molar-refractivity contribution < 1.29 is 13.2 Å². The largest absolute Gasteiger partial charge is 0.331 e. The molecule has 0 fully saturated rings. The summed E-state index contributed by atoms with van der Waals surface area (Å²) in [6, 6.07) is 14.4. The highest BCUT2D eigenvalue weighted by Crippen LogP contribution is 2.17. The molecule has 140 valence electrons. The van der Waals surface area contributed by atoms with Gasteiger partial charge >= 0.3 is 6.03 Å². The molecule has 1 unspecified atom stereocenters. The highest BCUT2D eigenvalue weighted by molar-refractivity contribution is 7.89. The molecule has 1 heterocycles. The van der Waals surface area contributed by atoms with E-state index in [1.54, 1.807) is 42.1 Å². The molecular formula is C18H19N5O3S. The normalized spacial score (nSPS) is 12.4. The number of hydrogen-bond donors (Lipinski definition) is 3. The molecule has 27 heavy (non-hydrogen) atoms.